The quantitative estimate of drug-likeness (QED) is 0.354. The number of hydrogen-bond donors (Lipinski definition) is 1. The number of ether oxygens (including phenoxy) is 2. The van der Waals surface area contributed by atoms with E-state index in [2.05, 4.69) is 10.3 Å². The molecular weight excluding hydrogens is 543 g/mol. The fourth-order valence-electron chi connectivity index (χ4n) is 5.32. The van der Waals surface area contributed by atoms with Crippen LogP contribution < -0.4 is 15.9 Å². The van der Waals surface area contributed by atoms with Gasteiger partial charge in [-0.15, -0.1) is 11.8 Å². The van der Waals surface area contributed by atoms with E-state index >= 15 is 4.39 Å². The predicted octanol–water partition coefficient (Wildman–Crippen LogP) is 4.64. The van der Waals surface area contributed by atoms with E-state index in [0.717, 1.165) is 30.0 Å². The maximum Gasteiger partial charge on any atom is 0.417 e. The Morgan fingerprint density at radius 3 is 2.49 bits per heavy atom. The van der Waals surface area contributed by atoms with Gasteiger partial charge in [0, 0.05) is 65.5 Å². The van der Waals surface area contributed by atoms with Crippen molar-refractivity contribution in [2.24, 2.45) is 0 Å². The van der Waals surface area contributed by atoms with Gasteiger partial charge in [-0.2, -0.15) is 18.2 Å². The van der Waals surface area contributed by atoms with Crippen molar-refractivity contribution >= 4 is 28.5 Å². The lowest BCUT2D eigenvalue weighted by Crippen LogP contribution is -2.55. The average molecular weight is 571 g/mol. The van der Waals surface area contributed by atoms with Crippen molar-refractivity contribution in [1.29, 1.82) is 0 Å². The standard InChI is InChI=1S/C26H27F5N4O3S/c1-13-8-34(9-14(2)32-13)24-18-7-19(26(29,30)31)21(17-5-4-15(27)6-20(17)28)23-22(18)35(25(36)33-24)10-16(11-39-23)38-12-37-3/h4-7,13-14,16,32H,8-12H2,1-3H3. The molecule has 1 saturated heterocycles. The minimum atomic E-state index is -4.89. The Morgan fingerprint density at radius 1 is 1.13 bits per heavy atom. The molecule has 3 atom stereocenters. The van der Waals surface area contributed by atoms with Gasteiger partial charge in [0.05, 0.1) is 23.7 Å². The molecule has 3 heterocycles. The normalized spacial score (nSPS) is 21.8. The average Bonchev–Trinajstić information content (AvgIpc) is 3.04. The molecule has 0 spiro atoms. The highest BCUT2D eigenvalue weighted by Crippen LogP contribution is 2.48. The van der Waals surface area contributed by atoms with Crippen LogP contribution in [0.15, 0.2) is 34.0 Å². The van der Waals surface area contributed by atoms with E-state index < -0.39 is 46.3 Å². The Morgan fingerprint density at radius 2 is 1.85 bits per heavy atom. The first-order chi connectivity index (χ1) is 18.5. The molecule has 0 radical (unpaired) electrons. The van der Waals surface area contributed by atoms with Gasteiger partial charge in [0.2, 0.25) is 0 Å². The van der Waals surface area contributed by atoms with E-state index in [4.69, 9.17) is 9.47 Å². The van der Waals surface area contributed by atoms with Crippen LogP contribution in [0.1, 0.15) is 19.4 Å². The summed E-state index contributed by atoms with van der Waals surface area (Å²) < 4.78 is 84.8. The first-order valence-corrected chi connectivity index (χ1v) is 13.3. The van der Waals surface area contributed by atoms with Crippen LogP contribution in [0.2, 0.25) is 0 Å². The summed E-state index contributed by atoms with van der Waals surface area (Å²) in [4.78, 5) is 19.6. The van der Waals surface area contributed by atoms with Crippen molar-refractivity contribution in [3.05, 3.63) is 51.9 Å². The number of rotatable bonds is 5. The van der Waals surface area contributed by atoms with Gasteiger partial charge < -0.3 is 19.7 Å². The fraction of sp³-hybridized carbons (Fsp3) is 0.462. The second kappa shape index (κ2) is 10.7. The number of nitrogens with one attached hydrogen (secondary N) is 1. The molecule has 2 aliphatic heterocycles. The summed E-state index contributed by atoms with van der Waals surface area (Å²) in [5.41, 5.74) is -2.40. The van der Waals surface area contributed by atoms with E-state index in [-0.39, 0.29) is 52.8 Å². The highest BCUT2D eigenvalue weighted by molar-refractivity contribution is 7.99. The van der Waals surface area contributed by atoms with Crippen molar-refractivity contribution in [2.75, 3.05) is 37.6 Å². The predicted molar refractivity (Wildman–Crippen MR) is 138 cm³/mol. The number of halogens is 5. The van der Waals surface area contributed by atoms with E-state index in [1.54, 1.807) is 0 Å². The van der Waals surface area contributed by atoms with Gasteiger partial charge in [0.15, 0.2) is 0 Å². The molecule has 2 aliphatic rings. The highest BCUT2D eigenvalue weighted by atomic mass is 32.2. The van der Waals surface area contributed by atoms with E-state index in [1.165, 1.54) is 11.7 Å². The zero-order valence-electron chi connectivity index (χ0n) is 21.4. The summed E-state index contributed by atoms with van der Waals surface area (Å²) in [5.74, 6) is -1.75. The third-order valence-corrected chi connectivity index (χ3v) is 8.01. The van der Waals surface area contributed by atoms with E-state index in [9.17, 15) is 22.4 Å². The summed E-state index contributed by atoms with van der Waals surface area (Å²) in [6.45, 7) is 4.65. The summed E-state index contributed by atoms with van der Waals surface area (Å²) in [5, 5.41) is 3.49. The monoisotopic (exact) mass is 570 g/mol. The maximum absolute atomic E-state index is 15.1. The molecule has 3 unspecified atom stereocenters. The number of benzene rings is 2. The molecule has 2 aromatic carbocycles. The molecule has 1 aromatic heterocycles. The Kier molecular flexibility index (Phi) is 7.61. The molecule has 1 N–H and O–H groups in total. The SMILES string of the molecule is COCOC1CSc2c(-c3ccc(F)cc3F)c(C(F)(F)F)cc3c(N4CC(C)NC(C)C4)nc(=O)n(c23)C1. The molecule has 1 fully saturated rings. The van der Waals surface area contributed by atoms with Gasteiger partial charge in [-0.3, -0.25) is 4.57 Å². The van der Waals surface area contributed by atoms with Gasteiger partial charge in [0.1, 0.15) is 24.2 Å². The largest absolute Gasteiger partial charge is 0.417 e. The molecule has 0 aliphatic carbocycles. The Labute approximate surface area is 225 Å². The van der Waals surface area contributed by atoms with Crippen LogP contribution >= 0.6 is 11.8 Å². The Bertz CT molecular complexity index is 1450. The topological polar surface area (TPSA) is 68.6 Å². The molecule has 210 valence electrons. The molecule has 0 bridgehead atoms. The Balaban J connectivity index is 1.86. The van der Waals surface area contributed by atoms with Gasteiger partial charge in [0.25, 0.3) is 0 Å². The second-order valence-corrected chi connectivity index (χ2v) is 10.9. The number of thioether (sulfide) groups is 1. The number of alkyl halides is 3. The number of anilines is 1. The number of piperazine rings is 1. The summed E-state index contributed by atoms with van der Waals surface area (Å²) in [6.07, 6.45) is -5.49. The lowest BCUT2D eigenvalue weighted by Gasteiger charge is -2.37. The maximum atomic E-state index is 15.1. The minimum absolute atomic E-state index is 0.000874. The van der Waals surface area contributed by atoms with Crippen LogP contribution in [0.5, 0.6) is 0 Å². The van der Waals surface area contributed by atoms with Crippen LogP contribution in [-0.2, 0) is 22.2 Å². The van der Waals surface area contributed by atoms with Crippen molar-refractivity contribution < 1.29 is 31.4 Å². The molecule has 3 aromatic rings. The molecular formula is C26H27F5N4O3S. The van der Waals surface area contributed by atoms with E-state index in [0.29, 0.717) is 19.2 Å². The first kappa shape index (κ1) is 27.8. The number of hydrogen-bond acceptors (Lipinski definition) is 7. The highest BCUT2D eigenvalue weighted by Gasteiger charge is 2.39. The van der Waals surface area contributed by atoms with Gasteiger partial charge in [-0.1, -0.05) is 0 Å². The van der Waals surface area contributed by atoms with Crippen LogP contribution in [0.3, 0.4) is 0 Å². The first-order valence-electron chi connectivity index (χ1n) is 12.4. The van der Waals surface area contributed by atoms with Crippen LogP contribution in [0.4, 0.5) is 27.8 Å². The number of nitrogens with zero attached hydrogens (tertiary/aromatic N) is 3. The van der Waals surface area contributed by atoms with Crippen molar-refractivity contribution in [2.45, 2.75) is 49.7 Å². The van der Waals surface area contributed by atoms with Gasteiger partial charge in [-0.05, 0) is 32.0 Å². The third kappa shape index (κ3) is 5.37. The molecule has 39 heavy (non-hydrogen) atoms. The fourth-order valence-corrected chi connectivity index (χ4v) is 6.60. The zero-order valence-corrected chi connectivity index (χ0v) is 22.3. The molecule has 7 nitrogen and oxygen atoms in total. The lowest BCUT2D eigenvalue weighted by atomic mass is 9.95. The molecule has 5 rings (SSSR count). The molecule has 0 amide bonds. The molecule has 13 heteroatoms. The second-order valence-electron chi connectivity index (χ2n) is 9.85. The third-order valence-electron chi connectivity index (χ3n) is 6.78. The van der Waals surface area contributed by atoms with E-state index in [1.807, 2.05) is 18.7 Å². The summed E-state index contributed by atoms with van der Waals surface area (Å²) >= 11 is 1.03. The zero-order chi connectivity index (χ0) is 28.1. The number of aromatic nitrogens is 2. The van der Waals surface area contributed by atoms with Crippen molar-refractivity contribution in [3.8, 4) is 11.1 Å². The summed E-state index contributed by atoms with van der Waals surface area (Å²) in [6, 6.07) is 3.39. The van der Waals surface area contributed by atoms with Crippen LogP contribution in [0.25, 0.3) is 22.0 Å². The smallest absolute Gasteiger partial charge is 0.359 e. The van der Waals surface area contributed by atoms with Crippen molar-refractivity contribution in [3.63, 3.8) is 0 Å². The minimum Gasteiger partial charge on any atom is -0.359 e. The van der Waals surface area contributed by atoms with Crippen LogP contribution in [-0.4, -0.2) is 60.5 Å². The van der Waals surface area contributed by atoms with Gasteiger partial charge in [-0.25, -0.2) is 13.6 Å². The Hall–Kier alpha value is -2.74. The lowest BCUT2D eigenvalue weighted by molar-refractivity contribution is -0.137. The van der Waals surface area contributed by atoms with Gasteiger partial charge >= 0.3 is 11.9 Å². The number of methoxy groups -OCH3 is 1. The van der Waals surface area contributed by atoms with Crippen molar-refractivity contribution in [1.82, 2.24) is 14.9 Å². The van der Waals surface area contributed by atoms with Crippen LogP contribution in [0, 0.1) is 11.6 Å². The molecule has 0 saturated carbocycles. The summed E-state index contributed by atoms with van der Waals surface area (Å²) in [7, 11) is 1.43.